The molecule has 1 aliphatic rings. The van der Waals surface area contributed by atoms with E-state index >= 15 is 0 Å². The number of nitrogens with two attached hydrogens (primary N) is 1. The number of likely N-dealkylation sites (tertiary alicyclic amines) is 1. The van der Waals surface area contributed by atoms with Crippen LogP contribution in [0.3, 0.4) is 0 Å². The number of urea groups is 1. The van der Waals surface area contributed by atoms with E-state index in [-0.39, 0.29) is 31.5 Å². The number of aliphatic carboxylic acids is 1. The van der Waals surface area contributed by atoms with E-state index in [2.05, 4.69) is 5.32 Å². The van der Waals surface area contributed by atoms with E-state index in [0.29, 0.717) is 24.4 Å². The number of ether oxygens (including phenoxy) is 1. The molecule has 2 unspecified atom stereocenters. The van der Waals surface area contributed by atoms with Gasteiger partial charge in [0.15, 0.2) is 0 Å². The van der Waals surface area contributed by atoms with Gasteiger partial charge in [-0.3, -0.25) is 9.59 Å². The van der Waals surface area contributed by atoms with Crippen LogP contribution >= 0.6 is 0 Å². The van der Waals surface area contributed by atoms with Crippen molar-refractivity contribution in [2.45, 2.75) is 19.8 Å². The number of benzene rings is 1. The lowest BCUT2D eigenvalue weighted by Gasteiger charge is -2.34. The summed E-state index contributed by atoms with van der Waals surface area (Å²) < 4.78 is 5.49. The van der Waals surface area contributed by atoms with Crippen LogP contribution in [0.4, 0.5) is 10.5 Å². The van der Waals surface area contributed by atoms with E-state index in [1.54, 1.807) is 24.3 Å². The Balaban J connectivity index is 2.02. The molecule has 0 spiro atoms. The molecule has 0 saturated carbocycles. The maximum atomic E-state index is 12.5. The Morgan fingerprint density at radius 2 is 2.04 bits per heavy atom. The summed E-state index contributed by atoms with van der Waals surface area (Å²) in [6.45, 7) is 2.72. The zero-order valence-corrected chi connectivity index (χ0v) is 14.1. The fourth-order valence-electron chi connectivity index (χ4n) is 2.85. The molecular formula is C17H23N3O5. The van der Waals surface area contributed by atoms with Crippen molar-refractivity contribution in [1.29, 1.82) is 0 Å². The van der Waals surface area contributed by atoms with E-state index in [4.69, 9.17) is 10.5 Å². The number of carbonyl (C=O) groups is 3. The number of hydrogen-bond donors (Lipinski definition) is 3. The molecule has 1 aromatic carbocycles. The molecule has 0 bridgehead atoms. The standard InChI is InChI=1S/C17H23N3O5/c1-11-8-12(16(22)23)10-20(9-11)17(24)19-13-4-2-3-5-14(13)25-7-6-15(18)21/h2-5,11-12H,6-10H2,1H3,(H2,18,21)(H,19,24)(H,22,23). The number of carboxylic acids is 1. The van der Waals surface area contributed by atoms with Crippen LogP contribution in [0.5, 0.6) is 5.75 Å². The van der Waals surface area contributed by atoms with Crippen LogP contribution in [-0.2, 0) is 9.59 Å². The first-order valence-electron chi connectivity index (χ1n) is 8.15. The van der Waals surface area contributed by atoms with Gasteiger partial charge in [0.1, 0.15) is 5.75 Å². The molecule has 2 rings (SSSR count). The summed E-state index contributed by atoms with van der Waals surface area (Å²) in [5.74, 6) is -1.38. The molecule has 1 heterocycles. The van der Waals surface area contributed by atoms with Gasteiger partial charge in [0.05, 0.1) is 24.6 Å². The molecule has 0 aliphatic carbocycles. The summed E-state index contributed by atoms with van der Waals surface area (Å²) in [6, 6.07) is 6.48. The summed E-state index contributed by atoms with van der Waals surface area (Å²) in [6.07, 6.45) is 0.637. The van der Waals surface area contributed by atoms with Gasteiger partial charge in [0.2, 0.25) is 5.91 Å². The quantitative estimate of drug-likeness (QED) is 0.718. The van der Waals surface area contributed by atoms with Crippen LogP contribution < -0.4 is 15.8 Å². The molecular weight excluding hydrogens is 326 g/mol. The number of rotatable bonds is 6. The minimum absolute atomic E-state index is 0.0756. The molecule has 8 heteroatoms. The number of carbonyl (C=O) groups excluding carboxylic acids is 2. The molecule has 25 heavy (non-hydrogen) atoms. The lowest BCUT2D eigenvalue weighted by Crippen LogP contribution is -2.47. The smallest absolute Gasteiger partial charge is 0.321 e. The van der Waals surface area contributed by atoms with E-state index in [1.165, 1.54) is 4.90 Å². The predicted octanol–water partition coefficient (Wildman–Crippen LogP) is 1.52. The van der Waals surface area contributed by atoms with Gasteiger partial charge in [-0.15, -0.1) is 0 Å². The van der Waals surface area contributed by atoms with Gasteiger partial charge in [-0.25, -0.2) is 4.79 Å². The monoisotopic (exact) mass is 349 g/mol. The van der Waals surface area contributed by atoms with Gasteiger partial charge in [0, 0.05) is 13.1 Å². The SMILES string of the molecule is CC1CC(C(=O)O)CN(C(=O)Nc2ccccc2OCCC(N)=O)C1. The van der Waals surface area contributed by atoms with Crippen molar-refractivity contribution in [3.05, 3.63) is 24.3 Å². The molecule has 1 aliphatic heterocycles. The predicted molar refractivity (Wildman–Crippen MR) is 91.2 cm³/mol. The van der Waals surface area contributed by atoms with Crippen molar-refractivity contribution in [1.82, 2.24) is 4.90 Å². The molecule has 2 atom stereocenters. The van der Waals surface area contributed by atoms with E-state index in [0.717, 1.165) is 0 Å². The summed E-state index contributed by atoms with van der Waals surface area (Å²) >= 11 is 0. The van der Waals surface area contributed by atoms with Crippen LogP contribution in [0.1, 0.15) is 19.8 Å². The van der Waals surface area contributed by atoms with Crippen molar-refractivity contribution in [2.75, 3.05) is 25.0 Å². The summed E-state index contributed by atoms with van der Waals surface area (Å²) in [7, 11) is 0. The van der Waals surface area contributed by atoms with Gasteiger partial charge in [-0.05, 0) is 24.5 Å². The average Bonchev–Trinajstić information content (AvgIpc) is 2.55. The third kappa shape index (κ3) is 5.37. The Morgan fingerprint density at radius 1 is 1.32 bits per heavy atom. The van der Waals surface area contributed by atoms with E-state index < -0.39 is 17.8 Å². The third-order valence-electron chi connectivity index (χ3n) is 4.03. The zero-order valence-electron chi connectivity index (χ0n) is 14.1. The first kappa shape index (κ1) is 18.6. The second-order valence-electron chi connectivity index (χ2n) is 6.27. The van der Waals surface area contributed by atoms with Crippen LogP contribution in [0, 0.1) is 11.8 Å². The Hall–Kier alpha value is -2.77. The fourth-order valence-corrected chi connectivity index (χ4v) is 2.85. The van der Waals surface area contributed by atoms with Crippen LogP contribution in [-0.4, -0.2) is 47.6 Å². The maximum absolute atomic E-state index is 12.5. The number of primary amides is 1. The van der Waals surface area contributed by atoms with Gasteiger partial charge in [0.25, 0.3) is 0 Å². The second kappa shape index (κ2) is 8.36. The van der Waals surface area contributed by atoms with Gasteiger partial charge in [-0.2, -0.15) is 0 Å². The first-order chi connectivity index (χ1) is 11.9. The van der Waals surface area contributed by atoms with Gasteiger partial charge >= 0.3 is 12.0 Å². The van der Waals surface area contributed by atoms with Crippen LogP contribution in [0.2, 0.25) is 0 Å². The Morgan fingerprint density at radius 3 is 2.72 bits per heavy atom. The number of para-hydroxylation sites is 2. The lowest BCUT2D eigenvalue weighted by molar-refractivity contribution is -0.143. The first-order valence-corrected chi connectivity index (χ1v) is 8.15. The highest BCUT2D eigenvalue weighted by Gasteiger charge is 2.32. The Kier molecular flexibility index (Phi) is 6.21. The van der Waals surface area contributed by atoms with Crippen molar-refractivity contribution in [3.63, 3.8) is 0 Å². The molecule has 1 aromatic rings. The molecule has 0 radical (unpaired) electrons. The van der Waals surface area contributed by atoms with Gasteiger partial charge in [-0.1, -0.05) is 19.1 Å². The number of anilines is 1. The van der Waals surface area contributed by atoms with Crippen molar-refractivity contribution in [2.24, 2.45) is 17.6 Å². The highest BCUT2D eigenvalue weighted by atomic mass is 16.5. The molecule has 0 aromatic heterocycles. The number of carboxylic acid groups (broad SMARTS) is 1. The molecule has 1 fully saturated rings. The summed E-state index contributed by atoms with van der Waals surface area (Å²) in [5.41, 5.74) is 5.54. The van der Waals surface area contributed by atoms with Crippen LogP contribution in [0.25, 0.3) is 0 Å². The minimum Gasteiger partial charge on any atom is -0.491 e. The van der Waals surface area contributed by atoms with Crippen LogP contribution in [0.15, 0.2) is 24.3 Å². The normalized spacial score (nSPS) is 20.0. The molecule has 136 valence electrons. The van der Waals surface area contributed by atoms with E-state index in [1.807, 2.05) is 6.92 Å². The lowest BCUT2D eigenvalue weighted by atomic mass is 9.91. The third-order valence-corrected chi connectivity index (χ3v) is 4.03. The maximum Gasteiger partial charge on any atom is 0.321 e. The number of piperidine rings is 1. The fraction of sp³-hybridized carbons (Fsp3) is 0.471. The highest BCUT2D eigenvalue weighted by Crippen LogP contribution is 2.26. The number of nitrogens with one attached hydrogen (secondary N) is 1. The Labute approximate surface area is 145 Å². The highest BCUT2D eigenvalue weighted by molar-refractivity contribution is 5.91. The number of nitrogens with zero attached hydrogens (tertiary/aromatic N) is 1. The van der Waals surface area contributed by atoms with Crippen molar-refractivity contribution < 1.29 is 24.2 Å². The summed E-state index contributed by atoms with van der Waals surface area (Å²) in [4.78, 5) is 36.0. The molecule has 4 N–H and O–H groups in total. The molecule has 3 amide bonds. The average molecular weight is 349 g/mol. The molecule has 1 saturated heterocycles. The van der Waals surface area contributed by atoms with E-state index in [9.17, 15) is 19.5 Å². The van der Waals surface area contributed by atoms with Gasteiger partial charge < -0.3 is 25.8 Å². The topological polar surface area (TPSA) is 122 Å². The van der Waals surface area contributed by atoms with Crippen molar-refractivity contribution in [3.8, 4) is 5.75 Å². The largest absolute Gasteiger partial charge is 0.491 e. The second-order valence-corrected chi connectivity index (χ2v) is 6.27. The minimum atomic E-state index is -0.889. The number of hydrogen-bond acceptors (Lipinski definition) is 4. The van der Waals surface area contributed by atoms with Crippen molar-refractivity contribution >= 4 is 23.6 Å². The summed E-state index contributed by atoms with van der Waals surface area (Å²) in [5, 5.41) is 12.0. The zero-order chi connectivity index (χ0) is 18.4. The molecule has 8 nitrogen and oxygen atoms in total. The number of amides is 3. The Bertz CT molecular complexity index is 649.